The Kier molecular flexibility index (Phi) is 30.0. The number of aryl methyl sites for hydroxylation is 4. The van der Waals surface area contributed by atoms with Gasteiger partial charge in [-0.3, -0.25) is 29.1 Å². The molecule has 120 heavy (non-hydrogen) atoms. The van der Waals surface area contributed by atoms with Crippen LogP contribution in [0.5, 0.6) is 17.2 Å². The summed E-state index contributed by atoms with van der Waals surface area (Å²) in [6, 6.07) is 65.5. The topological polar surface area (TPSA) is 181 Å². The molecule has 12 aromatic rings. The molecular weight excluding hydrogens is 1560 g/mol. The second kappa shape index (κ2) is 41.8. The largest absolute Gasteiger partial charge is 0.495 e. The Bertz CT molecular complexity index is 5440. The van der Waals surface area contributed by atoms with Crippen LogP contribution in [0, 0.1) is 12.8 Å². The Morgan fingerprint density at radius 3 is 1.55 bits per heavy atom. The van der Waals surface area contributed by atoms with Crippen molar-refractivity contribution in [2.24, 2.45) is 5.92 Å². The Morgan fingerprint density at radius 2 is 1.00 bits per heavy atom. The van der Waals surface area contributed by atoms with Crippen molar-refractivity contribution >= 4 is 91.0 Å². The van der Waals surface area contributed by atoms with E-state index in [9.17, 15) is 19.2 Å². The van der Waals surface area contributed by atoms with Gasteiger partial charge in [-0.15, -0.1) is 0 Å². The number of Topliss-reactive ketones (excluding diaryl/α,β-unsaturated/α-hetero) is 1. The summed E-state index contributed by atoms with van der Waals surface area (Å²) in [5.74, 6) is 2.63. The van der Waals surface area contributed by atoms with Crippen molar-refractivity contribution in [3.8, 4) is 17.2 Å². The molecule has 2 bridgehead atoms. The van der Waals surface area contributed by atoms with Gasteiger partial charge in [0.2, 0.25) is 0 Å². The molecule has 3 saturated heterocycles. The monoisotopic (exact) mass is 1670 g/mol. The molecule has 0 radical (unpaired) electrons. The summed E-state index contributed by atoms with van der Waals surface area (Å²) in [6.07, 6.45) is 20.2. The van der Waals surface area contributed by atoms with E-state index in [0.717, 1.165) is 183 Å². The lowest BCUT2D eigenvalue weighted by Crippen LogP contribution is -2.43. The van der Waals surface area contributed by atoms with Gasteiger partial charge in [0.15, 0.2) is 5.78 Å². The van der Waals surface area contributed by atoms with E-state index in [4.69, 9.17) is 49.0 Å². The first-order valence-corrected chi connectivity index (χ1v) is 43.8. The number of ether oxygens (including phenoxy) is 3. The molecule has 3 amide bonds. The normalized spacial score (nSPS) is 16.2. The van der Waals surface area contributed by atoms with Gasteiger partial charge in [0.1, 0.15) is 22.9 Å². The number of carbonyl (C=O) groups excluding carboxylic acids is 4. The summed E-state index contributed by atoms with van der Waals surface area (Å²) in [5.41, 5.74) is 13.9. The summed E-state index contributed by atoms with van der Waals surface area (Å²) >= 11 is 18.3. The van der Waals surface area contributed by atoms with E-state index in [1.807, 2.05) is 148 Å². The van der Waals surface area contributed by atoms with E-state index in [2.05, 4.69) is 128 Å². The average molecular weight is 1670 g/mol. The standard InChI is InChI=1S/C36H40Cl2N4O3.C34H42N4O2.C29H30ClN3O2/c1-23(2)45-34-9-5-7-28-29(36(44)40-21-24-10-13-30(37)31(38)19-24)22-41(35(28)34)15-6-16-42-26-11-12-27(42)18-25(17-26)20-33(43)32-8-3-4-14-39-32;1-27-10-6-13-29(24-27)25-35-34(39)31-26-38(33-30(31)14-7-15-32(33)40-2)20-9-19-36-17-8-18-37(23-22-36)21-16-28-11-4-3-5-12-28;1-35-27-12-5-11-25-26(29(34)32-18-20-7-4-10-23(30)15-20)19-33(28(25)27)14-6-13-31-24-16-21-8-2-3-9-22(21)17-24/h3-5,7-10,13-14,19,22-23,25-27H,6,11-12,15-18,20-21H2,1-2H3,(H,40,44);3-7,10-15,24,26H,8-9,16-23,25H2,1-2H3,(H,35,39);2-5,7-12,15,19,24,31H,6,13-14,16-18H2,1H3,(H,32,34)/t25?,26-,27+;;. The fourth-order valence-corrected chi connectivity index (χ4v) is 18.6. The number of nitrogens with one attached hydrogen (secondary N) is 4. The van der Waals surface area contributed by atoms with Crippen LogP contribution in [-0.2, 0) is 58.5 Å². The van der Waals surface area contributed by atoms with Crippen molar-refractivity contribution in [1.29, 1.82) is 0 Å². The smallest absolute Gasteiger partial charge is 0.253 e. The predicted octanol–water partition coefficient (Wildman–Crippen LogP) is 18.9. The highest BCUT2D eigenvalue weighted by molar-refractivity contribution is 6.42. The maximum atomic E-state index is 13.5. The zero-order valence-corrected chi connectivity index (χ0v) is 71.9. The number of benzene rings is 8. The number of halogens is 3. The molecule has 21 heteroatoms. The molecule has 7 heterocycles. The molecule has 626 valence electrons. The highest BCUT2D eigenvalue weighted by Gasteiger charge is 2.41. The lowest BCUT2D eigenvalue weighted by atomic mass is 9.86. The van der Waals surface area contributed by atoms with Crippen molar-refractivity contribution in [2.45, 2.75) is 161 Å². The van der Waals surface area contributed by atoms with E-state index >= 15 is 0 Å². The molecule has 0 spiro atoms. The molecule has 1 unspecified atom stereocenters. The summed E-state index contributed by atoms with van der Waals surface area (Å²) in [4.78, 5) is 64.9. The van der Waals surface area contributed by atoms with Crippen LogP contribution in [0.4, 0.5) is 0 Å². The lowest BCUT2D eigenvalue weighted by Gasteiger charge is -2.39. The molecule has 3 aliphatic heterocycles. The summed E-state index contributed by atoms with van der Waals surface area (Å²) in [7, 11) is 3.37. The molecule has 16 rings (SSSR count). The minimum absolute atomic E-state index is 0.00681. The van der Waals surface area contributed by atoms with Crippen LogP contribution < -0.4 is 35.5 Å². The second-order valence-corrected chi connectivity index (χ2v) is 33.9. The van der Waals surface area contributed by atoms with E-state index in [1.54, 1.807) is 32.5 Å². The number of nitrogens with zero attached hydrogens (tertiary/aromatic N) is 7. The third kappa shape index (κ3) is 22.3. The summed E-state index contributed by atoms with van der Waals surface area (Å²) < 4.78 is 24.1. The van der Waals surface area contributed by atoms with Gasteiger partial charge in [0.05, 0.1) is 63.6 Å². The Hall–Kier alpha value is -10.3. The first-order valence-electron chi connectivity index (χ1n) is 42.7. The average Bonchev–Trinajstić information content (AvgIpc) is 1.63. The molecule has 1 aliphatic carbocycles. The molecule has 4 N–H and O–H groups in total. The fourth-order valence-electron chi connectivity index (χ4n) is 18.0. The Labute approximate surface area is 720 Å². The van der Waals surface area contributed by atoms with Crippen LogP contribution in [0.15, 0.2) is 219 Å². The Balaban J connectivity index is 0.000000149. The van der Waals surface area contributed by atoms with Gasteiger partial charge in [-0.25, -0.2) is 0 Å². The van der Waals surface area contributed by atoms with Crippen LogP contribution >= 0.6 is 34.8 Å². The number of piperidine rings is 1. The van der Waals surface area contributed by atoms with Gasteiger partial charge >= 0.3 is 0 Å². The molecule has 8 aromatic carbocycles. The minimum Gasteiger partial charge on any atom is -0.495 e. The molecule has 3 fully saturated rings. The van der Waals surface area contributed by atoms with Crippen molar-refractivity contribution in [2.75, 3.05) is 66.6 Å². The van der Waals surface area contributed by atoms with Crippen molar-refractivity contribution in [3.05, 3.63) is 295 Å². The number of para-hydroxylation sites is 3. The number of fused-ring (bicyclic) bond motifs is 6. The SMILES string of the molecule is CC(C)Oc1cccc2c(C(=O)NCc3ccc(Cl)c(Cl)c3)cn(CCCN3[C@@H]4CC[C@H]3CC(CC(=O)c3ccccn3)C4)c12.COc1cccc2c(C(=O)NCc3cccc(C)c3)cn(CCCN3CCCN(CCc4ccccc4)CC3)c12.COc1cccc2c(C(=O)NCc3cccc(Cl)c3)cn(CCCNC3Cc4ccccc4C3)c12. The number of rotatable bonds is 32. The number of pyridine rings is 1. The number of methoxy groups -OCH3 is 2. The third-order valence-corrected chi connectivity index (χ3v) is 24.8. The van der Waals surface area contributed by atoms with Crippen molar-refractivity contribution in [3.63, 3.8) is 0 Å². The second-order valence-electron chi connectivity index (χ2n) is 32.6. The molecule has 4 aromatic heterocycles. The molecule has 18 nitrogen and oxygen atoms in total. The minimum atomic E-state index is -0.146. The highest BCUT2D eigenvalue weighted by atomic mass is 35.5. The predicted molar refractivity (Wildman–Crippen MR) is 484 cm³/mol. The number of aromatic nitrogens is 4. The van der Waals surface area contributed by atoms with Gasteiger partial charge in [-0.1, -0.05) is 180 Å². The van der Waals surface area contributed by atoms with Gasteiger partial charge in [0.25, 0.3) is 17.7 Å². The van der Waals surface area contributed by atoms with E-state index in [0.29, 0.717) is 87.6 Å². The maximum Gasteiger partial charge on any atom is 0.253 e. The highest BCUT2D eigenvalue weighted by Crippen LogP contribution is 2.41. The van der Waals surface area contributed by atoms with E-state index in [1.165, 1.54) is 48.1 Å². The van der Waals surface area contributed by atoms with Gasteiger partial charge in [-0.2, -0.15) is 0 Å². The quantitative estimate of drug-likeness (QED) is 0.0232. The summed E-state index contributed by atoms with van der Waals surface area (Å²) in [6.45, 7) is 18.4. The third-order valence-electron chi connectivity index (χ3n) is 23.8. The van der Waals surface area contributed by atoms with Gasteiger partial charge < -0.3 is 59.0 Å². The fraction of sp³-hybridized carbons (Fsp3) is 0.364. The summed E-state index contributed by atoms with van der Waals surface area (Å²) in [5, 5.41) is 17.2. The Morgan fingerprint density at radius 1 is 0.492 bits per heavy atom. The van der Waals surface area contributed by atoms with Gasteiger partial charge in [-0.05, 0) is 211 Å². The van der Waals surface area contributed by atoms with Crippen LogP contribution in [0.25, 0.3) is 32.7 Å². The molecular formula is C99H112Cl3N11O7. The number of amides is 3. The number of hydrogen-bond acceptors (Lipinski definition) is 12. The first-order chi connectivity index (χ1) is 58.5. The van der Waals surface area contributed by atoms with Gasteiger partial charge in [0, 0.05) is 136 Å². The number of ketones is 1. The van der Waals surface area contributed by atoms with Crippen LogP contribution in [0.2, 0.25) is 15.1 Å². The lowest BCUT2D eigenvalue weighted by molar-refractivity contribution is 0.0803. The van der Waals surface area contributed by atoms with Crippen LogP contribution in [0.3, 0.4) is 0 Å². The van der Waals surface area contributed by atoms with Crippen LogP contribution in [0.1, 0.15) is 152 Å². The van der Waals surface area contributed by atoms with Crippen LogP contribution in [-0.4, -0.2) is 148 Å². The molecule has 0 saturated carbocycles. The maximum absolute atomic E-state index is 13.5. The first kappa shape index (κ1) is 86.1. The molecule has 3 atom stereocenters. The number of hydrogen-bond donors (Lipinski definition) is 4. The molecule has 4 aliphatic rings. The number of carbonyl (C=O) groups is 4. The van der Waals surface area contributed by atoms with Crippen molar-refractivity contribution < 1.29 is 33.4 Å². The zero-order chi connectivity index (χ0) is 83.4. The van der Waals surface area contributed by atoms with E-state index < -0.39 is 0 Å². The van der Waals surface area contributed by atoms with E-state index in [-0.39, 0.29) is 29.6 Å². The van der Waals surface area contributed by atoms with Crippen molar-refractivity contribution in [1.82, 2.24) is 54.7 Å². The zero-order valence-electron chi connectivity index (χ0n) is 69.7.